The van der Waals surface area contributed by atoms with Crippen molar-refractivity contribution < 1.29 is 14.3 Å². The van der Waals surface area contributed by atoms with E-state index in [4.69, 9.17) is 9.47 Å². The standard InChI is InChI=1S/C22H27IN2O3/c1-27-20-12-18(19(23)13-21(20)28-2)22(26)24-14-16-8-4-5-9-17(16)15-25-10-6-3-7-11-25/h4-5,8-9,12-13H,3,6-7,10-11,14-15H2,1-2H3,(H,24,26). The molecule has 0 saturated carbocycles. The van der Waals surface area contributed by atoms with E-state index in [1.807, 2.05) is 12.1 Å². The summed E-state index contributed by atoms with van der Waals surface area (Å²) in [6, 6.07) is 11.9. The van der Waals surface area contributed by atoms with E-state index in [0.29, 0.717) is 23.6 Å². The van der Waals surface area contributed by atoms with Gasteiger partial charge in [-0.15, -0.1) is 0 Å². The van der Waals surface area contributed by atoms with Crippen LogP contribution in [0.1, 0.15) is 40.7 Å². The van der Waals surface area contributed by atoms with Gasteiger partial charge >= 0.3 is 0 Å². The molecule has 1 N–H and O–H groups in total. The fourth-order valence-corrected chi connectivity index (χ4v) is 4.23. The van der Waals surface area contributed by atoms with Crippen LogP contribution in [0.2, 0.25) is 0 Å². The number of piperidine rings is 1. The quantitative estimate of drug-likeness (QED) is 0.586. The number of benzene rings is 2. The van der Waals surface area contributed by atoms with Gasteiger partial charge in [-0.2, -0.15) is 0 Å². The van der Waals surface area contributed by atoms with E-state index in [1.165, 1.54) is 24.8 Å². The number of rotatable bonds is 7. The monoisotopic (exact) mass is 494 g/mol. The van der Waals surface area contributed by atoms with Gasteiger partial charge in [0.05, 0.1) is 19.8 Å². The molecule has 1 amide bonds. The smallest absolute Gasteiger partial charge is 0.252 e. The van der Waals surface area contributed by atoms with Crippen LogP contribution in [0.4, 0.5) is 0 Å². The number of halogens is 1. The second-order valence-electron chi connectivity index (χ2n) is 6.98. The first-order chi connectivity index (χ1) is 13.6. The van der Waals surface area contributed by atoms with E-state index < -0.39 is 0 Å². The number of ether oxygens (including phenoxy) is 2. The number of amides is 1. The molecule has 0 spiro atoms. The summed E-state index contributed by atoms with van der Waals surface area (Å²) in [5.74, 6) is 1.06. The van der Waals surface area contributed by atoms with Gasteiger partial charge in [0.1, 0.15) is 0 Å². The summed E-state index contributed by atoms with van der Waals surface area (Å²) in [6.45, 7) is 3.77. The molecule has 0 atom stereocenters. The topological polar surface area (TPSA) is 50.8 Å². The minimum absolute atomic E-state index is 0.113. The zero-order chi connectivity index (χ0) is 19.9. The Kier molecular flexibility index (Phi) is 7.56. The van der Waals surface area contributed by atoms with Crippen molar-refractivity contribution in [3.8, 4) is 11.5 Å². The Morgan fingerprint density at radius 3 is 2.36 bits per heavy atom. The van der Waals surface area contributed by atoms with E-state index in [-0.39, 0.29) is 5.91 Å². The molecule has 6 heteroatoms. The highest BCUT2D eigenvalue weighted by Crippen LogP contribution is 2.31. The lowest BCUT2D eigenvalue weighted by Crippen LogP contribution is -2.30. The second kappa shape index (κ2) is 10.1. The Morgan fingerprint density at radius 2 is 1.68 bits per heavy atom. The van der Waals surface area contributed by atoms with Gasteiger partial charge in [0.25, 0.3) is 5.91 Å². The molecule has 0 aliphatic carbocycles. The number of hydrogen-bond acceptors (Lipinski definition) is 4. The maximum atomic E-state index is 12.8. The van der Waals surface area contributed by atoms with Gasteiger partial charge < -0.3 is 14.8 Å². The van der Waals surface area contributed by atoms with Crippen LogP contribution in [0.15, 0.2) is 36.4 Å². The molecule has 1 saturated heterocycles. The Hall–Kier alpha value is -1.80. The van der Waals surface area contributed by atoms with Crippen LogP contribution in [-0.2, 0) is 13.1 Å². The van der Waals surface area contributed by atoms with Gasteiger partial charge in [-0.3, -0.25) is 9.69 Å². The number of nitrogens with one attached hydrogen (secondary N) is 1. The van der Waals surface area contributed by atoms with Crippen molar-refractivity contribution in [3.63, 3.8) is 0 Å². The van der Waals surface area contributed by atoms with Crippen LogP contribution < -0.4 is 14.8 Å². The molecule has 5 nitrogen and oxygen atoms in total. The van der Waals surface area contributed by atoms with Crippen molar-refractivity contribution in [2.75, 3.05) is 27.3 Å². The molecular weight excluding hydrogens is 467 g/mol. The van der Waals surface area contributed by atoms with Crippen LogP contribution in [0.25, 0.3) is 0 Å². The average Bonchev–Trinajstić information content (AvgIpc) is 2.73. The van der Waals surface area contributed by atoms with Crippen molar-refractivity contribution in [2.24, 2.45) is 0 Å². The molecule has 1 fully saturated rings. The third-order valence-corrected chi connectivity index (χ3v) is 6.01. The summed E-state index contributed by atoms with van der Waals surface area (Å²) in [5, 5.41) is 3.06. The molecule has 0 radical (unpaired) electrons. The molecule has 2 aromatic carbocycles. The number of likely N-dealkylation sites (tertiary alicyclic amines) is 1. The highest BCUT2D eigenvalue weighted by molar-refractivity contribution is 14.1. The van der Waals surface area contributed by atoms with Gasteiger partial charge in [-0.25, -0.2) is 0 Å². The SMILES string of the molecule is COc1cc(I)c(C(=O)NCc2ccccc2CN2CCCCC2)cc1OC. The van der Waals surface area contributed by atoms with Crippen molar-refractivity contribution in [3.05, 3.63) is 56.7 Å². The molecule has 0 unspecified atom stereocenters. The normalized spacial score (nSPS) is 14.5. The van der Waals surface area contributed by atoms with Gasteiger partial charge in [-0.05, 0) is 71.8 Å². The molecule has 1 heterocycles. The highest BCUT2D eigenvalue weighted by atomic mass is 127. The molecule has 3 rings (SSSR count). The lowest BCUT2D eigenvalue weighted by Gasteiger charge is -2.27. The summed E-state index contributed by atoms with van der Waals surface area (Å²) in [6.07, 6.45) is 3.88. The molecule has 28 heavy (non-hydrogen) atoms. The van der Waals surface area contributed by atoms with Crippen LogP contribution >= 0.6 is 22.6 Å². The van der Waals surface area contributed by atoms with Gasteiger partial charge in [-0.1, -0.05) is 30.7 Å². The molecular formula is C22H27IN2O3. The van der Waals surface area contributed by atoms with Gasteiger partial charge in [0, 0.05) is 16.7 Å². The number of carbonyl (C=O) groups is 1. The summed E-state index contributed by atoms with van der Waals surface area (Å²) in [5.41, 5.74) is 3.04. The maximum Gasteiger partial charge on any atom is 0.252 e. The maximum absolute atomic E-state index is 12.8. The average molecular weight is 494 g/mol. The van der Waals surface area contributed by atoms with Crippen LogP contribution in [0.5, 0.6) is 11.5 Å². The van der Waals surface area contributed by atoms with Crippen LogP contribution in [-0.4, -0.2) is 38.1 Å². The fraction of sp³-hybridized carbons (Fsp3) is 0.409. The van der Waals surface area contributed by atoms with E-state index in [2.05, 4.69) is 51.0 Å². The first kappa shape index (κ1) is 20.9. The third kappa shape index (κ3) is 5.17. The zero-order valence-corrected chi connectivity index (χ0v) is 18.6. The number of hydrogen-bond donors (Lipinski definition) is 1. The molecule has 1 aliphatic rings. The van der Waals surface area contributed by atoms with Crippen molar-refractivity contribution in [1.29, 1.82) is 0 Å². The number of methoxy groups -OCH3 is 2. The molecule has 2 aromatic rings. The summed E-state index contributed by atoms with van der Waals surface area (Å²) < 4.78 is 11.5. The lowest BCUT2D eigenvalue weighted by molar-refractivity contribution is 0.0949. The van der Waals surface area contributed by atoms with E-state index in [9.17, 15) is 4.79 Å². The van der Waals surface area contributed by atoms with E-state index >= 15 is 0 Å². The first-order valence-corrected chi connectivity index (χ1v) is 10.7. The Morgan fingerprint density at radius 1 is 1.04 bits per heavy atom. The molecule has 1 aliphatic heterocycles. The molecule has 150 valence electrons. The second-order valence-corrected chi connectivity index (χ2v) is 8.14. The summed E-state index contributed by atoms with van der Waals surface area (Å²) >= 11 is 2.15. The van der Waals surface area contributed by atoms with Gasteiger partial charge in [0.2, 0.25) is 0 Å². The Labute approximate surface area is 180 Å². The molecule has 0 bridgehead atoms. The predicted molar refractivity (Wildman–Crippen MR) is 119 cm³/mol. The highest BCUT2D eigenvalue weighted by Gasteiger charge is 2.17. The van der Waals surface area contributed by atoms with Crippen molar-refractivity contribution >= 4 is 28.5 Å². The van der Waals surface area contributed by atoms with E-state index in [0.717, 1.165) is 28.8 Å². The number of carbonyl (C=O) groups excluding carboxylic acids is 1. The first-order valence-electron chi connectivity index (χ1n) is 9.61. The Balaban J connectivity index is 1.69. The summed E-state index contributed by atoms with van der Waals surface area (Å²) in [7, 11) is 3.16. The minimum Gasteiger partial charge on any atom is -0.493 e. The fourth-order valence-electron chi connectivity index (χ4n) is 3.54. The minimum atomic E-state index is -0.113. The largest absolute Gasteiger partial charge is 0.493 e. The van der Waals surface area contributed by atoms with E-state index in [1.54, 1.807) is 20.3 Å². The Bertz CT molecular complexity index is 819. The van der Waals surface area contributed by atoms with Crippen molar-refractivity contribution in [2.45, 2.75) is 32.4 Å². The number of nitrogens with zero attached hydrogens (tertiary/aromatic N) is 1. The predicted octanol–water partition coefficient (Wildman–Crippen LogP) is 4.22. The summed E-state index contributed by atoms with van der Waals surface area (Å²) in [4.78, 5) is 15.3. The lowest BCUT2D eigenvalue weighted by atomic mass is 10.0. The molecule has 0 aromatic heterocycles. The zero-order valence-electron chi connectivity index (χ0n) is 16.5. The van der Waals surface area contributed by atoms with Crippen LogP contribution in [0, 0.1) is 3.57 Å². The van der Waals surface area contributed by atoms with Gasteiger partial charge in [0.15, 0.2) is 11.5 Å². The van der Waals surface area contributed by atoms with Crippen molar-refractivity contribution in [1.82, 2.24) is 10.2 Å². The van der Waals surface area contributed by atoms with Crippen LogP contribution in [0.3, 0.4) is 0 Å². The third-order valence-electron chi connectivity index (χ3n) is 5.12.